The van der Waals surface area contributed by atoms with Crippen LogP contribution in [0, 0.1) is 0 Å². The van der Waals surface area contributed by atoms with Crippen LogP contribution in [0.25, 0.3) is 0 Å². The molecule has 1 aliphatic rings. The van der Waals surface area contributed by atoms with Crippen molar-refractivity contribution >= 4 is 39.1 Å². The molecule has 0 spiro atoms. The number of nitrogens with zero attached hydrogens (tertiary/aromatic N) is 2. The van der Waals surface area contributed by atoms with Crippen LogP contribution in [0.15, 0.2) is 42.5 Å². The first-order valence-corrected chi connectivity index (χ1v) is 13.6. The maximum atomic E-state index is 13.6. The smallest absolute Gasteiger partial charge is 0.244 e. The Labute approximate surface area is 211 Å². The zero-order valence-electron chi connectivity index (χ0n) is 20.0. The highest BCUT2D eigenvalue weighted by atomic mass is 35.5. The molecule has 1 heterocycles. The number of hydrogen-bond acceptors (Lipinski definition) is 6. The molecule has 0 saturated heterocycles. The van der Waals surface area contributed by atoms with Gasteiger partial charge in [-0.25, -0.2) is 8.42 Å². The lowest BCUT2D eigenvalue weighted by Crippen LogP contribution is -2.52. The minimum atomic E-state index is -3.85. The van der Waals surface area contributed by atoms with Gasteiger partial charge >= 0.3 is 0 Å². The fourth-order valence-corrected chi connectivity index (χ4v) is 4.79. The molecule has 2 aromatic rings. The molecule has 190 valence electrons. The van der Waals surface area contributed by atoms with Crippen LogP contribution < -0.4 is 19.1 Å². The van der Waals surface area contributed by atoms with E-state index in [-0.39, 0.29) is 24.9 Å². The number of sulfonamides is 1. The molecule has 35 heavy (non-hydrogen) atoms. The molecule has 1 aliphatic heterocycles. The summed E-state index contributed by atoms with van der Waals surface area (Å²) in [7, 11) is -3.85. The Hall–Kier alpha value is -2.98. The lowest BCUT2D eigenvalue weighted by Gasteiger charge is -2.33. The molecule has 0 aliphatic carbocycles. The number of amides is 2. The number of hydrogen-bond donors (Lipinski definition) is 1. The van der Waals surface area contributed by atoms with E-state index in [0.717, 1.165) is 17.0 Å². The zero-order valence-corrected chi connectivity index (χ0v) is 21.6. The molecule has 11 heteroatoms. The monoisotopic (exact) mass is 523 g/mol. The molecule has 2 aromatic carbocycles. The van der Waals surface area contributed by atoms with Crippen LogP contribution in [-0.4, -0.2) is 57.3 Å². The van der Waals surface area contributed by atoms with E-state index in [0.29, 0.717) is 35.1 Å². The van der Waals surface area contributed by atoms with Crippen LogP contribution in [-0.2, 0) is 26.2 Å². The second-order valence-electron chi connectivity index (χ2n) is 8.14. The van der Waals surface area contributed by atoms with E-state index >= 15 is 0 Å². The van der Waals surface area contributed by atoms with Gasteiger partial charge in [-0.1, -0.05) is 43.6 Å². The second kappa shape index (κ2) is 11.6. The van der Waals surface area contributed by atoms with E-state index in [1.54, 1.807) is 43.3 Å². The van der Waals surface area contributed by atoms with E-state index in [9.17, 15) is 18.0 Å². The van der Waals surface area contributed by atoms with Crippen LogP contribution in [0.3, 0.4) is 0 Å². The molecule has 0 fully saturated rings. The van der Waals surface area contributed by atoms with Crippen molar-refractivity contribution in [3.05, 3.63) is 53.1 Å². The van der Waals surface area contributed by atoms with Crippen molar-refractivity contribution in [1.82, 2.24) is 10.2 Å². The van der Waals surface area contributed by atoms with E-state index < -0.39 is 28.5 Å². The Kier molecular flexibility index (Phi) is 8.85. The van der Waals surface area contributed by atoms with Crippen LogP contribution in [0.5, 0.6) is 11.5 Å². The first-order chi connectivity index (χ1) is 16.7. The maximum absolute atomic E-state index is 13.6. The number of fused-ring (bicyclic) bond motifs is 1. The van der Waals surface area contributed by atoms with Gasteiger partial charge in [0, 0.05) is 24.2 Å². The molecular weight excluding hydrogens is 494 g/mol. The summed E-state index contributed by atoms with van der Waals surface area (Å²) in [6.07, 6.45) is 2.11. The molecule has 3 rings (SSSR count). The number of halogens is 1. The van der Waals surface area contributed by atoms with Gasteiger partial charge in [0.2, 0.25) is 28.6 Å². The van der Waals surface area contributed by atoms with Crippen molar-refractivity contribution in [3.63, 3.8) is 0 Å². The van der Waals surface area contributed by atoms with Gasteiger partial charge in [-0.2, -0.15) is 0 Å². The Morgan fingerprint density at radius 3 is 2.49 bits per heavy atom. The third kappa shape index (κ3) is 6.58. The van der Waals surface area contributed by atoms with Gasteiger partial charge < -0.3 is 19.7 Å². The first-order valence-electron chi connectivity index (χ1n) is 11.3. The van der Waals surface area contributed by atoms with Crippen molar-refractivity contribution in [2.45, 2.75) is 39.3 Å². The van der Waals surface area contributed by atoms with Gasteiger partial charge in [-0.3, -0.25) is 13.9 Å². The lowest BCUT2D eigenvalue weighted by atomic mass is 10.1. The van der Waals surface area contributed by atoms with Crippen molar-refractivity contribution in [3.8, 4) is 11.5 Å². The summed E-state index contributed by atoms with van der Waals surface area (Å²) in [6, 6.07) is 10.9. The third-order valence-corrected chi connectivity index (χ3v) is 7.07. The van der Waals surface area contributed by atoms with E-state index in [1.807, 2.05) is 6.92 Å². The van der Waals surface area contributed by atoms with Crippen LogP contribution in [0.1, 0.15) is 32.3 Å². The summed E-state index contributed by atoms with van der Waals surface area (Å²) in [5.41, 5.74) is 0.907. The minimum Gasteiger partial charge on any atom is -0.454 e. The highest BCUT2D eigenvalue weighted by Gasteiger charge is 2.32. The summed E-state index contributed by atoms with van der Waals surface area (Å²) < 4.78 is 37.1. The zero-order chi connectivity index (χ0) is 25.6. The van der Waals surface area contributed by atoms with E-state index in [4.69, 9.17) is 21.1 Å². The van der Waals surface area contributed by atoms with E-state index in [2.05, 4.69) is 5.32 Å². The van der Waals surface area contributed by atoms with Gasteiger partial charge in [-0.05, 0) is 36.6 Å². The predicted octanol–water partition coefficient (Wildman–Crippen LogP) is 3.17. The number of benzene rings is 2. The number of ether oxygens (including phenoxy) is 2. The Bertz CT molecular complexity index is 1170. The Morgan fingerprint density at radius 2 is 1.83 bits per heavy atom. The Morgan fingerprint density at radius 1 is 1.11 bits per heavy atom. The second-order valence-corrected chi connectivity index (χ2v) is 10.4. The topological polar surface area (TPSA) is 105 Å². The highest BCUT2D eigenvalue weighted by Crippen LogP contribution is 2.36. The molecule has 1 atom stereocenters. The number of rotatable bonds is 11. The average molecular weight is 524 g/mol. The standard InChI is InChI=1S/C24H30ClN3O6S/c1-4-12-26-24(30)20(5-2)27(14-17-8-6-7-9-19(17)25)23(29)15-28(35(3,31)32)18-10-11-21-22(13-18)34-16-33-21/h6-11,13,20H,4-5,12,14-16H2,1-3H3,(H,26,30)/t20-/m1/s1. The largest absolute Gasteiger partial charge is 0.454 e. The molecule has 2 amide bonds. The Balaban J connectivity index is 1.95. The molecular formula is C24H30ClN3O6S. The van der Waals surface area contributed by atoms with Crippen LogP contribution in [0.4, 0.5) is 5.69 Å². The molecule has 1 N–H and O–H groups in total. The molecule has 0 radical (unpaired) electrons. The van der Waals surface area contributed by atoms with Crippen LogP contribution in [0.2, 0.25) is 5.02 Å². The van der Waals surface area contributed by atoms with Gasteiger partial charge in [0.15, 0.2) is 11.5 Å². The number of carbonyl (C=O) groups is 2. The SMILES string of the molecule is CCCNC(=O)[C@@H](CC)N(Cc1ccccc1Cl)C(=O)CN(c1ccc2c(c1)OCO2)S(C)(=O)=O. The summed E-state index contributed by atoms with van der Waals surface area (Å²) in [5, 5.41) is 3.28. The van der Waals surface area contributed by atoms with Crippen molar-refractivity contribution < 1.29 is 27.5 Å². The molecule has 9 nitrogen and oxygen atoms in total. The highest BCUT2D eigenvalue weighted by molar-refractivity contribution is 7.92. The predicted molar refractivity (Wildman–Crippen MR) is 134 cm³/mol. The first kappa shape index (κ1) is 26.6. The molecule has 0 aromatic heterocycles. The quantitative estimate of drug-likeness (QED) is 0.485. The van der Waals surface area contributed by atoms with Gasteiger partial charge in [0.25, 0.3) is 0 Å². The minimum absolute atomic E-state index is 0.0350. The van der Waals surface area contributed by atoms with Crippen molar-refractivity contribution in [2.24, 2.45) is 0 Å². The van der Waals surface area contributed by atoms with Gasteiger partial charge in [0.1, 0.15) is 12.6 Å². The normalized spacial score (nSPS) is 13.3. The number of nitrogens with one attached hydrogen (secondary N) is 1. The maximum Gasteiger partial charge on any atom is 0.244 e. The van der Waals surface area contributed by atoms with Gasteiger partial charge in [-0.15, -0.1) is 0 Å². The van der Waals surface area contributed by atoms with Crippen molar-refractivity contribution in [1.29, 1.82) is 0 Å². The number of carbonyl (C=O) groups excluding carboxylic acids is 2. The fraction of sp³-hybridized carbons (Fsp3) is 0.417. The van der Waals surface area contributed by atoms with E-state index in [1.165, 1.54) is 11.0 Å². The van der Waals surface area contributed by atoms with Gasteiger partial charge in [0.05, 0.1) is 11.9 Å². The summed E-state index contributed by atoms with van der Waals surface area (Å²) in [5.74, 6) is 0.0460. The fourth-order valence-electron chi connectivity index (χ4n) is 3.75. The van der Waals surface area contributed by atoms with Crippen molar-refractivity contribution in [2.75, 3.05) is 30.4 Å². The summed E-state index contributed by atoms with van der Waals surface area (Å²) in [6.45, 7) is 3.79. The molecule has 0 saturated carbocycles. The summed E-state index contributed by atoms with van der Waals surface area (Å²) in [4.78, 5) is 28.0. The third-order valence-electron chi connectivity index (χ3n) is 5.56. The molecule has 0 bridgehead atoms. The number of anilines is 1. The lowest BCUT2D eigenvalue weighted by molar-refractivity contribution is -0.140. The molecule has 0 unspecified atom stereocenters. The average Bonchev–Trinajstić information content (AvgIpc) is 3.29. The summed E-state index contributed by atoms with van der Waals surface area (Å²) >= 11 is 6.34. The van der Waals surface area contributed by atoms with Crippen LogP contribution >= 0.6 is 11.6 Å².